The minimum absolute atomic E-state index is 0.333. The fourth-order valence-electron chi connectivity index (χ4n) is 2.31. The van der Waals surface area contributed by atoms with Gasteiger partial charge in [0.15, 0.2) is 16.8 Å². The van der Waals surface area contributed by atoms with Crippen molar-refractivity contribution in [2.24, 2.45) is 0 Å². The summed E-state index contributed by atoms with van der Waals surface area (Å²) in [7, 11) is 0. The Bertz CT molecular complexity index is 756. The van der Waals surface area contributed by atoms with E-state index in [0.29, 0.717) is 22.7 Å². The lowest BCUT2D eigenvalue weighted by atomic mass is 9.98. The number of halogens is 1. The zero-order valence-corrected chi connectivity index (χ0v) is 12.6. The lowest BCUT2D eigenvalue weighted by Gasteiger charge is -2.07. The third-order valence-corrected chi connectivity index (χ3v) is 3.68. The standard InChI is InChI=1S/C16H16ClN3O/c1-9(2)10-3-5-11(6-4-10)14-15(19-20-16(14)18)12-7-8-13(17)21-12/h3-9H,1-2H3,(H3,18,19,20). The Morgan fingerprint density at radius 1 is 1.14 bits per heavy atom. The number of nitrogens with two attached hydrogens (primary N) is 1. The van der Waals surface area contributed by atoms with E-state index in [1.165, 1.54) is 5.56 Å². The van der Waals surface area contributed by atoms with Gasteiger partial charge in [-0.2, -0.15) is 5.10 Å². The molecule has 0 saturated carbocycles. The van der Waals surface area contributed by atoms with E-state index in [0.717, 1.165) is 16.8 Å². The van der Waals surface area contributed by atoms with Crippen LogP contribution < -0.4 is 5.73 Å². The molecule has 3 aromatic rings. The lowest BCUT2D eigenvalue weighted by molar-refractivity contribution is 0.582. The van der Waals surface area contributed by atoms with Gasteiger partial charge >= 0.3 is 0 Å². The highest BCUT2D eigenvalue weighted by molar-refractivity contribution is 6.29. The number of rotatable bonds is 3. The van der Waals surface area contributed by atoms with Gasteiger partial charge in [-0.05, 0) is 40.8 Å². The molecular weight excluding hydrogens is 286 g/mol. The van der Waals surface area contributed by atoms with E-state index >= 15 is 0 Å². The molecule has 0 aliphatic heterocycles. The largest absolute Gasteiger partial charge is 0.443 e. The molecule has 2 heterocycles. The number of furan rings is 1. The van der Waals surface area contributed by atoms with E-state index in [2.05, 4.69) is 36.2 Å². The van der Waals surface area contributed by atoms with E-state index in [1.54, 1.807) is 12.1 Å². The van der Waals surface area contributed by atoms with E-state index in [1.807, 2.05) is 12.1 Å². The second-order valence-corrected chi connectivity index (χ2v) is 5.61. The summed E-state index contributed by atoms with van der Waals surface area (Å²) in [5.41, 5.74) is 9.84. The molecule has 1 aromatic carbocycles. The van der Waals surface area contributed by atoms with Crippen LogP contribution in [-0.4, -0.2) is 10.2 Å². The Balaban J connectivity index is 2.08. The van der Waals surface area contributed by atoms with Gasteiger partial charge in [0.25, 0.3) is 0 Å². The fraction of sp³-hybridized carbons (Fsp3) is 0.188. The highest BCUT2D eigenvalue weighted by Gasteiger charge is 2.17. The van der Waals surface area contributed by atoms with Crippen LogP contribution in [-0.2, 0) is 0 Å². The number of nitrogen functional groups attached to an aromatic ring is 1. The van der Waals surface area contributed by atoms with Crippen LogP contribution in [0, 0.1) is 0 Å². The maximum Gasteiger partial charge on any atom is 0.194 e. The van der Waals surface area contributed by atoms with E-state index in [9.17, 15) is 0 Å². The molecule has 4 nitrogen and oxygen atoms in total. The van der Waals surface area contributed by atoms with Gasteiger partial charge in [0.05, 0.1) is 5.56 Å². The number of nitrogens with one attached hydrogen (secondary N) is 1. The highest BCUT2D eigenvalue weighted by Crippen LogP contribution is 2.36. The molecule has 3 N–H and O–H groups in total. The molecule has 0 radical (unpaired) electrons. The van der Waals surface area contributed by atoms with Crippen LogP contribution in [0.15, 0.2) is 40.8 Å². The van der Waals surface area contributed by atoms with Gasteiger partial charge in [-0.1, -0.05) is 38.1 Å². The molecule has 21 heavy (non-hydrogen) atoms. The molecule has 3 rings (SSSR count). The molecule has 0 fully saturated rings. The van der Waals surface area contributed by atoms with Crippen molar-refractivity contribution < 1.29 is 4.42 Å². The Morgan fingerprint density at radius 3 is 2.43 bits per heavy atom. The average molecular weight is 302 g/mol. The van der Waals surface area contributed by atoms with Crippen molar-refractivity contribution in [2.75, 3.05) is 5.73 Å². The first-order valence-corrected chi connectivity index (χ1v) is 7.14. The van der Waals surface area contributed by atoms with E-state index in [4.69, 9.17) is 21.8 Å². The molecular formula is C16H16ClN3O. The molecule has 0 atom stereocenters. The number of aromatic nitrogens is 2. The molecule has 5 heteroatoms. The number of benzene rings is 1. The Kier molecular flexibility index (Phi) is 3.47. The minimum atomic E-state index is 0.333. The zero-order chi connectivity index (χ0) is 15.0. The first-order chi connectivity index (χ1) is 10.1. The van der Waals surface area contributed by atoms with Crippen LogP contribution in [0.3, 0.4) is 0 Å². The SMILES string of the molecule is CC(C)c1ccc(-c2c(N)n[nH]c2-c2ccc(Cl)o2)cc1. The quantitative estimate of drug-likeness (QED) is 0.737. The summed E-state index contributed by atoms with van der Waals surface area (Å²) < 4.78 is 5.45. The second-order valence-electron chi connectivity index (χ2n) is 5.24. The third-order valence-electron chi connectivity index (χ3n) is 3.48. The van der Waals surface area contributed by atoms with Crippen molar-refractivity contribution in [2.45, 2.75) is 19.8 Å². The van der Waals surface area contributed by atoms with Gasteiger partial charge < -0.3 is 10.2 Å². The van der Waals surface area contributed by atoms with Crippen LogP contribution in [0.4, 0.5) is 5.82 Å². The first-order valence-electron chi connectivity index (χ1n) is 6.76. The maximum absolute atomic E-state index is 6.00. The van der Waals surface area contributed by atoms with Crippen LogP contribution in [0.1, 0.15) is 25.3 Å². The summed E-state index contributed by atoms with van der Waals surface area (Å²) in [6.07, 6.45) is 0. The molecule has 108 valence electrons. The second kappa shape index (κ2) is 5.30. The monoisotopic (exact) mass is 301 g/mol. The smallest absolute Gasteiger partial charge is 0.194 e. The number of nitrogens with zero attached hydrogens (tertiary/aromatic N) is 1. The number of anilines is 1. The molecule has 0 aliphatic rings. The lowest BCUT2D eigenvalue weighted by Crippen LogP contribution is -1.90. The molecule has 2 aromatic heterocycles. The van der Waals surface area contributed by atoms with Crippen molar-refractivity contribution in [3.05, 3.63) is 47.2 Å². The predicted octanol–water partition coefficient (Wildman–Crippen LogP) is 4.70. The average Bonchev–Trinajstić information content (AvgIpc) is 3.05. The predicted molar refractivity (Wildman–Crippen MR) is 85.2 cm³/mol. The minimum Gasteiger partial charge on any atom is -0.443 e. The van der Waals surface area contributed by atoms with Crippen LogP contribution in [0.5, 0.6) is 0 Å². The van der Waals surface area contributed by atoms with Gasteiger partial charge in [-0.25, -0.2) is 0 Å². The topological polar surface area (TPSA) is 67.8 Å². The highest BCUT2D eigenvalue weighted by atomic mass is 35.5. The Morgan fingerprint density at radius 2 is 1.86 bits per heavy atom. The normalized spacial score (nSPS) is 11.2. The first kappa shape index (κ1) is 13.8. The molecule has 0 spiro atoms. The van der Waals surface area contributed by atoms with Crippen LogP contribution in [0.25, 0.3) is 22.6 Å². The van der Waals surface area contributed by atoms with Crippen molar-refractivity contribution in [3.63, 3.8) is 0 Å². The third kappa shape index (κ3) is 2.54. The number of H-pyrrole nitrogens is 1. The van der Waals surface area contributed by atoms with Gasteiger partial charge in [0, 0.05) is 0 Å². The molecule has 0 saturated heterocycles. The van der Waals surface area contributed by atoms with Gasteiger partial charge in [0.1, 0.15) is 5.69 Å². The summed E-state index contributed by atoms with van der Waals surface area (Å²) >= 11 is 5.84. The van der Waals surface area contributed by atoms with Crippen molar-refractivity contribution in [3.8, 4) is 22.6 Å². The number of aromatic amines is 1. The van der Waals surface area contributed by atoms with Crippen molar-refractivity contribution in [1.82, 2.24) is 10.2 Å². The summed E-state index contributed by atoms with van der Waals surface area (Å²) in [6, 6.07) is 11.8. The Hall–Kier alpha value is -2.20. The molecule has 0 amide bonds. The van der Waals surface area contributed by atoms with Gasteiger partial charge in [0.2, 0.25) is 0 Å². The van der Waals surface area contributed by atoms with Crippen LogP contribution >= 0.6 is 11.6 Å². The summed E-state index contributed by atoms with van der Waals surface area (Å²) in [6.45, 7) is 4.33. The summed E-state index contributed by atoms with van der Waals surface area (Å²) in [5.74, 6) is 1.55. The van der Waals surface area contributed by atoms with Crippen LogP contribution in [0.2, 0.25) is 5.22 Å². The maximum atomic E-state index is 6.00. The van der Waals surface area contributed by atoms with Gasteiger partial charge in [-0.15, -0.1) is 0 Å². The summed E-state index contributed by atoms with van der Waals surface area (Å²) in [5, 5.41) is 7.33. The van der Waals surface area contributed by atoms with Gasteiger partial charge in [-0.3, -0.25) is 5.10 Å². The molecule has 0 aliphatic carbocycles. The Labute approximate surface area is 127 Å². The molecule has 0 unspecified atom stereocenters. The fourth-order valence-corrected chi connectivity index (χ4v) is 2.46. The molecule has 0 bridgehead atoms. The van der Waals surface area contributed by atoms with E-state index < -0.39 is 0 Å². The van der Waals surface area contributed by atoms with Crippen molar-refractivity contribution >= 4 is 17.4 Å². The number of hydrogen-bond donors (Lipinski definition) is 2. The zero-order valence-electron chi connectivity index (χ0n) is 11.9. The number of hydrogen-bond acceptors (Lipinski definition) is 3. The summed E-state index contributed by atoms with van der Waals surface area (Å²) in [4.78, 5) is 0. The van der Waals surface area contributed by atoms with E-state index in [-0.39, 0.29) is 0 Å². The van der Waals surface area contributed by atoms with Crippen molar-refractivity contribution in [1.29, 1.82) is 0 Å².